The molecule has 0 bridgehead atoms. The maximum absolute atomic E-state index is 12.7. The molecular weight excluding hydrogens is 384 g/mol. The van der Waals surface area contributed by atoms with Gasteiger partial charge in [-0.25, -0.2) is 0 Å². The van der Waals surface area contributed by atoms with Crippen LogP contribution >= 0.6 is 0 Å². The number of rotatable bonds is 7. The van der Waals surface area contributed by atoms with E-state index in [9.17, 15) is 4.79 Å². The van der Waals surface area contributed by atoms with E-state index < -0.39 is 0 Å². The molecule has 0 aliphatic heterocycles. The first-order valence-electron chi connectivity index (χ1n) is 11.8. The minimum absolute atomic E-state index is 0.00517. The zero-order valence-corrected chi connectivity index (χ0v) is 18.8. The number of carbonyl (C=O) groups excluding carboxylic acids is 1. The molecule has 0 heterocycles. The summed E-state index contributed by atoms with van der Waals surface area (Å²) in [7, 11) is 0. The molecule has 2 aromatic carbocycles. The van der Waals surface area contributed by atoms with Crippen LogP contribution in [0.2, 0.25) is 0 Å². The molecule has 31 heavy (non-hydrogen) atoms. The van der Waals surface area contributed by atoms with Crippen molar-refractivity contribution in [2.45, 2.75) is 65.3 Å². The fourth-order valence-corrected chi connectivity index (χ4v) is 7.18. The molecule has 3 fully saturated rings. The topological polar surface area (TPSA) is 35.5 Å². The van der Waals surface area contributed by atoms with Gasteiger partial charge in [-0.15, -0.1) is 0 Å². The number of ketones is 1. The first-order valence-corrected chi connectivity index (χ1v) is 11.8. The summed E-state index contributed by atoms with van der Waals surface area (Å²) in [5, 5.41) is 0. The van der Waals surface area contributed by atoms with E-state index in [-0.39, 0.29) is 28.3 Å². The first kappa shape index (κ1) is 20.9. The Kier molecular flexibility index (Phi) is 5.30. The predicted molar refractivity (Wildman–Crippen MR) is 121 cm³/mol. The lowest BCUT2D eigenvalue weighted by atomic mass is 9.33. The Morgan fingerprint density at radius 3 is 2.19 bits per heavy atom. The van der Waals surface area contributed by atoms with E-state index in [0.29, 0.717) is 25.6 Å². The summed E-state index contributed by atoms with van der Waals surface area (Å²) >= 11 is 0. The van der Waals surface area contributed by atoms with Gasteiger partial charge in [0.25, 0.3) is 0 Å². The number of benzene rings is 2. The highest BCUT2D eigenvalue weighted by Gasteiger charge is 2.76. The molecule has 4 atom stereocenters. The summed E-state index contributed by atoms with van der Waals surface area (Å²) in [5.74, 6) is 0.723. The van der Waals surface area contributed by atoms with Crippen LogP contribution in [0.15, 0.2) is 60.7 Å². The number of hydrogen-bond donors (Lipinski definition) is 0. The molecule has 3 heteroatoms. The van der Waals surface area contributed by atoms with E-state index >= 15 is 0 Å². The Hall–Kier alpha value is -1.97. The van der Waals surface area contributed by atoms with Crippen LogP contribution in [0, 0.1) is 22.2 Å². The molecular formula is C28H34O3. The lowest BCUT2D eigenvalue weighted by Gasteiger charge is -2.72. The second-order valence-corrected chi connectivity index (χ2v) is 10.5. The summed E-state index contributed by atoms with van der Waals surface area (Å²) in [5.41, 5.74) is 2.49. The molecule has 3 nitrogen and oxygen atoms in total. The fourth-order valence-electron chi connectivity index (χ4n) is 7.18. The van der Waals surface area contributed by atoms with E-state index in [1.54, 1.807) is 0 Å². The molecule has 1 spiro atoms. The third-order valence-corrected chi connectivity index (χ3v) is 9.02. The van der Waals surface area contributed by atoms with Gasteiger partial charge in [0.1, 0.15) is 5.78 Å². The van der Waals surface area contributed by atoms with Gasteiger partial charge in [-0.05, 0) is 47.6 Å². The van der Waals surface area contributed by atoms with E-state index in [0.717, 1.165) is 32.1 Å². The number of hydrogen-bond acceptors (Lipinski definition) is 3. The minimum Gasteiger partial charge on any atom is -0.376 e. The van der Waals surface area contributed by atoms with Gasteiger partial charge in [0.15, 0.2) is 0 Å². The molecule has 5 rings (SSSR count). The van der Waals surface area contributed by atoms with E-state index in [1.165, 1.54) is 11.1 Å². The van der Waals surface area contributed by atoms with Crippen LogP contribution in [0.25, 0.3) is 0 Å². The molecule has 0 N–H and O–H groups in total. The van der Waals surface area contributed by atoms with Crippen LogP contribution in [0.4, 0.5) is 0 Å². The Bertz CT molecular complexity index is 922. The SMILES string of the molecule is CC1(C)[C@H](OCc2ccccc2)CC[C@@]23CCC(=O)[C@@H]2C[C@@]13COCc1ccccc1. The summed E-state index contributed by atoms with van der Waals surface area (Å²) in [4.78, 5) is 12.7. The Labute approximate surface area is 186 Å². The van der Waals surface area contributed by atoms with E-state index in [1.807, 2.05) is 12.1 Å². The quantitative estimate of drug-likeness (QED) is 0.556. The molecule has 0 aromatic heterocycles. The zero-order valence-electron chi connectivity index (χ0n) is 18.8. The van der Waals surface area contributed by atoms with Crippen LogP contribution in [0.1, 0.15) is 57.1 Å². The fraction of sp³-hybridized carbons (Fsp3) is 0.536. The number of carbonyl (C=O) groups is 1. The van der Waals surface area contributed by atoms with Gasteiger partial charge in [0.2, 0.25) is 0 Å². The van der Waals surface area contributed by atoms with Gasteiger partial charge in [0.05, 0.1) is 25.9 Å². The first-order chi connectivity index (χ1) is 15.0. The highest BCUT2D eigenvalue weighted by atomic mass is 16.5. The predicted octanol–water partition coefficient (Wildman–Crippen LogP) is 5.96. The van der Waals surface area contributed by atoms with Crippen molar-refractivity contribution in [3.05, 3.63) is 71.8 Å². The van der Waals surface area contributed by atoms with E-state index in [4.69, 9.17) is 9.47 Å². The van der Waals surface area contributed by atoms with Gasteiger partial charge >= 0.3 is 0 Å². The average Bonchev–Trinajstić information content (AvgIpc) is 3.01. The number of Topliss-reactive ketones (excluding diaryl/α,β-unsaturated/α-hetero) is 1. The molecule has 164 valence electrons. The maximum Gasteiger partial charge on any atom is 0.136 e. The Morgan fingerprint density at radius 1 is 0.903 bits per heavy atom. The van der Waals surface area contributed by atoms with Crippen molar-refractivity contribution < 1.29 is 14.3 Å². The molecule has 0 amide bonds. The standard InChI is InChI=1S/C28H34O3/c1-26(2)25(31-19-22-11-7-4-8-12-22)14-16-27-15-13-24(29)23(27)17-28(26,27)20-30-18-21-9-5-3-6-10-21/h3-12,23,25H,13-20H2,1-2H3/t23-,25+,27-,28+/m0/s1. The minimum atomic E-state index is -0.0438. The average molecular weight is 419 g/mol. The van der Waals surface area contributed by atoms with Crippen LogP contribution in [-0.2, 0) is 27.5 Å². The van der Waals surface area contributed by atoms with Crippen molar-refractivity contribution in [3.63, 3.8) is 0 Å². The summed E-state index contributed by atoms with van der Waals surface area (Å²) in [6, 6.07) is 20.8. The van der Waals surface area contributed by atoms with Gasteiger partial charge < -0.3 is 9.47 Å². The van der Waals surface area contributed by atoms with Gasteiger partial charge in [-0.1, -0.05) is 74.5 Å². The van der Waals surface area contributed by atoms with Crippen LogP contribution in [-0.4, -0.2) is 18.5 Å². The highest BCUT2D eigenvalue weighted by molar-refractivity contribution is 5.86. The van der Waals surface area contributed by atoms with Crippen molar-refractivity contribution in [2.24, 2.45) is 22.2 Å². The number of ether oxygens (including phenoxy) is 2. The molecule has 0 unspecified atom stereocenters. The lowest BCUT2D eigenvalue weighted by Crippen LogP contribution is -2.71. The summed E-state index contributed by atoms with van der Waals surface area (Å²) in [6.07, 6.45) is 5.02. The van der Waals surface area contributed by atoms with Gasteiger partial charge in [0, 0.05) is 17.8 Å². The zero-order chi connectivity index (χ0) is 21.5. The maximum atomic E-state index is 12.7. The van der Waals surface area contributed by atoms with Gasteiger partial charge in [-0.3, -0.25) is 4.79 Å². The highest BCUT2D eigenvalue weighted by Crippen LogP contribution is 2.77. The molecule has 3 aliphatic carbocycles. The molecule has 0 saturated heterocycles. The molecule has 3 aliphatic rings. The van der Waals surface area contributed by atoms with E-state index in [2.05, 4.69) is 62.4 Å². The Balaban J connectivity index is 1.36. The van der Waals surface area contributed by atoms with Crippen molar-refractivity contribution in [2.75, 3.05) is 6.61 Å². The largest absolute Gasteiger partial charge is 0.376 e. The Morgan fingerprint density at radius 2 is 1.55 bits per heavy atom. The second kappa shape index (κ2) is 7.86. The summed E-state index contributed by atoms with van der Waals surface area (Å²) in [6.45, 7) is 6.72. The van der Waals surface area contributed by atoms with Crippen LogP contribution < -0.4 is 0 Å². The molecule has 3 saturated carbocycles. The summed E-state index contributed by atoms with van der Waals surface area (Å²) < 4.78 is 13.0. The third-order valence-electron chi connectivity index (χ3n) is 9.02. The molecule has 0 radical (unpaired) electrons. The van der Waals surface area contributed by atoms with Crippen LogP contribution in [0.5, 0.6) is 0 Å². The van der Waals surface area contributed by atoms with Crippen molar-refractivity contribution in [1.29, 1.82) is 0 Å². The lowest BCUT2D eigenvalue weighted by molar-refractivity contribution is -0.286. The monoisotopic (exact) mass is 418 g/mol. The van der Waals surface area contributed by atoms with Gasteiger partial charge in [-0.2, -0.15) is 0 Å². The van der Waals surface area contributed by atoms with Crippen molar-refractivity contribution in [1.82, 2.24) is 0 Å². The van der Waals surface area contributed by atoms with Crippen LogP contribution in [0.3, 0.4) is 0 Å². The second-order valence-electron chi connectivity index (χ2n) is 10.5. The smallest absolute Gasteiger partial charge is 0.136 e. The third kappa shape index (κ3) is 3.20. The van der Waals surface area contributed by atoms with Crippen molar-refractivity contribution >= 4 is 5.78 Å². The normalized spacial score (nSPS) is 33.4. The van der Waals surface area contributed by atoms with Crippen molar-refractivity contribution in [3.8, 4) is 0 Å². The molecule has 2 aromatic rings.